The molecule has 0 bridgehead atoms. The van der Waals surface area contributed by atoms with Crippen molar-refractivity contribution >= 4 is 5.69 Å². The average molecular weight is 220 g/mol. The van der Waals surface area contributed by atoms with Crippen molar-refractivity contribution in [1.82, 2.24) is 0 Å². The molecule has 0 atom stereocenters. The van der Waals surface area contributed by atoms with Crippen molar-refractivity contribution in [3.63, 3.8) is 0 Å². The Labute approximate surface area is 99.5 Å². The van der Waals surface area contributed by atoms with Crippen LogP contribution in [0.3, 0.4) is 0 Å². The maximum absolute atomic E-state index is 5.66. The largest absolute Gasteiger partial charge is 0.370 e. The molecule has 2 heteroatoms. The van der Waals surface area contributed by atoms with Crippen LogP contribution in [0.1, 0.15) is 30.9 Å². The van der Waals surface area contributed by atoms with Gasteiger partial charge in [-0.2, -0.15) is 0 Å². The summed E-state index contributed by atoms with van der Waals surface area (Å²) in [4.78, 5) is 2.38. The Kier molecular flexibility index (Phi) is 5.33. The third-order valence-electron chi connectivity index (χ3n) is 3.04. The fourth-order valence-corrected chi connectivity index (χ4v) is 1.80. The number of hydrogen-bond acceptors (Lipinski definition) is 2. The predicted molar refractivity (Wildman–Crippen MR) is 72.1 cm³/mol. The molecule has 0 aliphatic rings. The molecule has 90 valence electrons. The Morgan fingerprint density at radius 1 is 1.12 bits per heavy atom. The van der Waals surface area contributed by atoms with Crippen LogP contribution in [0.4, 0.5) is 5.69 Å². The number of rotatable bonds is 6. The van der Waals surface area contributed by atoms with Crippen LogP contribution in [0, 0.1) is 13.8 Å². The molecule has 0 aliphatic carbocycles. The number of nitrogens with two attached hydrogens (primary N) is 1. The Bertz CT molecular complexity index is 321. The maximum atomic E-state index is 5.66. The highest BCUT2D eigenvalue weighted by Crippen LogP contribution is 2.18. The topological polar surface area (TPSA) is 29.3 Å². The van der Waals surface area contributed by atoms with E-state index in [-0.39, 0.29) is 0 Å². The second-order valence-electron chi connectivity index (χ2n) is 4.40. The Hall–Kier alpha value is -1.02. The van der Waals surface area contributed by atoms with Crippen molar-refractivity contribution in [2.24, 2.45) is 5.73 Å². The minimum absolute atomic E-state index is 0.719. The van der Waals surface area contributed by atoms with E-state index in [0.717, 1.165) is 19.6 Å². The fraction of sp³-hybridized carbons (Fsp3) is 0.571. The molecule has 0 saturated carbocycles. The highest BCUT2D eigenvalue weighted by Gasteiger charge is 2.05. The molecular formula is C14H24N2. The monoisotopic (exact) mass is 220 g/mol. The molecule has 0 aliphatic heterocycles. The van der Waals surface area contributed by atoms with Crippen molar-refractivity contribution in [3.05, 3.63) is 29.3 Å². The Morgan fingerprint density at radius 2 is 1.88 bits per heavy atom. The highest BCUT2D eigenvalue weighted by atomic mass is 15.1. The summed E-state index contributed by atoms with van der Waals surface area (Å²) in [6.07, 6.45) is 2.46. The lowest BCUT2D eigenvalue weighted by molar-refractivity contribution is 0.715. The SMILES string of the molecule is CCCCN(CCN)c1ccc(C)c(C)c1. The van der Waals surface area contributed by atoms with E-state index in [2.05, 4.69) is 43.9 Å². The van der Waals surface area contributed by atoms with E-state index in [4.69, 9.17) is 5.73 Å². The van der Waals surface area contributed by atoms with E-state index in [1.807, 2.05) is 0 Å². The van der Waals surface area contributed by atoms with Gasteiger partial charge in [0.15, 0.2) is 0 Å². The van der Waals surface area contributed by atoms with Crippen LogP contribution in [0.2, 0.25) is 0 Å². The van der Waals surface area contributed by atoms with Gasteiger partial charge in [-0.15, -0.1) is 0 Å². The first-order chi connectivity index (χ1) is 7.69. The molecule has 1 rings (SSSR count). The van der Waals surface area contributed by atoms with E-state index in [0.29, 0.717) is 0 Å². The van der Waals surface area contributed by atoms with E-state index < -0.39 is 0 Å². The Morgan fingerprint density at radius 3 is 2.44 bits per heavy atom. The van der Waals surface area contributed by atoms with Gasteiger partial charge in [-0.25, -0.2) is 0 Å². The van der Waals surface area contributed by atoms with Crippen LogP contribution in [0.25, 0.3) is 0 Å². The molecule has 2 N–H and O–H groups in total. The van der Waals surface area contributed by atoms with Gasteiger partial charge in [0.25, 0.3) is 0 Å². The van der Waals surface area contributed by atoms with E-state index in [1.54, 1.807) is 0 Å². The quantitative estimate of drug-likeness (QED) is 0.798. The number of nitrogens with zero attached hydrogens (tertiary/aromatic N) is 1. The van der Waals surface area contributed by atoms with Crippen LogP contribution in [-0.2, 0) is 0 Å². The molecule has 0 aromatic heterocycles. The first-order valence-corrected chi connectivity index (χ1v) is 6.21. The van der Waals surface area contributed by atoms with Gasteiger partial charge in [0.05, 0.1) is 0 Å². The summed E-state index contributed by atoms with van der Waals surface area (Å²) in [7, 11) is 0. The summed E-state index contributed by atoms with van der Waals surface area (Å²) >= 11 is 0. The summed E-state index contributed by atoms with van der Waals surface area (Å²) in [6, 6.07) is 6.66. The van der Waals surface area contributed by atoms with E-state index in [9.17, 15) is 0 Å². The number of aryl methyl sites for hydroxylation is 2. The van der Waals surface area contributed by atoms with Crippen molar-refractivity contribution in [2.75, 3.05) is 24.5 Å². The van der Waals surface area contributed by atoms with E-state index >= 15 is 0 Å². The summed E-state index contributed by atoms with van der Waals surface area (Å²) in [5.74, 6) is 0. The molecule has 1 aromatic rings. The summed E-state index contributed by atoms with van der Waals surface area (Å²) in [6.45, 7) is 9.31. The lowest BCUT2D eigenvalue weighted by Gasteiger charge is -2.24. The molecule has 0 radical (unpaired) electrons. The molecule has 0 fully saturated rings. The lowest BCUT2D eigenvalue weighted by Crippen LogP contribution is -2.30. The summed E-state index contributed by atoms with van der Waals surface area (Å²) in [5, 5.41) is 0. The number of benzene rings is 1. The van der Waals surface area contributed by atoms with Gasteiger partial charge in [-0.3, -0.25) is 0 Å². The van der Waals surface area contributed by atoms with E-state index in [1.165, 1.54) is 29.7 Å². The Balaban J connectivity index is 2.78. The fourth-order valence-electron chi connectivity index (χ4n) is 1.80. The number of unbranched alkanes of at least 4 members (excludes halogenated alkanes) is 1. The second kappa shape index (κ2) is 6.54. The first kappa shape index (κ1) is 13.0. The van der Waals surface area contributed by atoms with Gasteiger partial charge in [-0.1, -0.05) is 19.4 Å². The molecular weight excluding hydrogens is 196 g/mol. The molecule has 0 amide bonds. The van der Waals surface area contributed by atoms with Gasteiger partial charge >= 0.3 is 0 Å². The number of anilines is 1. The third kappa shape index (κ3) is 3.53. The van der Waals surface area contributed by atoms with Crippen molar-refractivity contribution < 1.29 is 0 Å². The zero-order valence-corrected chi connectivity index (χ0v) is 10.8. The molecule has 0 heterocycles. The molecule has 0 spiro atoms. The molecule has 0 saturated heterocycles. The summed E-state index contributed by atoms with van der Waals surface area (Å²) < 4.78 is 0. The van der Waals surface area contributed by atoms with Gasteiger partial charge in [-0.05, 0) is 43.5 Å². The van der Waals surface area contributed by atoms with Crippen molar-refractivity contribution in [3.8, 4) is 0 Å². The van der Waals surface area contributed by atoms with Crippen LogP contribution >= 0.6 is 0 Å². The standard InChI is InChI=1S/C14H24N2/c1-4-5-9-16(10-8-15)14-7-6-12(2)13(3)11-14/h6-7,11H,4-5,8-10,15H2,1-3H3. The zero-order chi connectivity index (χ0) is 12.0. The van der Waals surface area contributed by atoms with Crippen molar-refractivity contribution in [2.45, 2.75) is 33.6 Å². The van der Waals surface area contributed by atoms with Gasteiger partial charge in [0.2, 0.25) is 0 Å². The minimum atomic E-state index is 0.719. The third-order valence-corrected chi connectivity index (χ3v) is 3.04. The normalized spacial score (nSPS) is 10.5. The summed E-state index contributed by atoms with van der Waals surface area (Å²) in [5.41, 5.74) is 9.68. The first-order valence-electron chi connectivity index (χ1n) is 6.21. The molecule has 2 nitrogen and oxygen atoms in total. The molecule has 0 unspecified atom stereocenters. The van der Waals surface area contributed by atoms with Crippen LogP contribution < -0.4 is 10.6 Å². The zero-order valence-electron chi connectivity index (χ0n) is 10.8. The maximum Gasteiger partial charge on any atom is 0.0369 e. The molecule has 1 aromatic carbocycles. The lowest BCUT2D eigenvalue weighted by atomic mass is 10.1. The van der Waals surface area contributed by atoms with Crippen LogP contribution in [-0.4, -0.2) is 19.6 Å². The molecule has 16 heavy (non-hydrogen) atoms. The highest BCUT2D eigenvalue weighted by molar-refractivity contribution is 5.50. The number of hydrogen-bond donors (Lipinski definition) is 1. The average Bonchev–Trinajstić information content (AvgIpc) is 2.28. The smallest absolute Gasteiger partial charge is 0.0369 e. The van der Waals surface area contributed by atoms with Crippen molar-refractivity contribution in [1.29, 1.82) is 0 Å². The van der Waals surface area contributed by atoms with Crippen LogP contribution in [0.5, 0.6) is 0 Å². The van der Waals surface area contributed by atoms with Crippen LogP contribution in [0.15, 0.2) is 18.2 Å². The van der Waals surface area contributed by atoms with Gasteiger partial charge in [0, 0.05) is 25.3 Å². The minimum Gasteiger partial charge on any atom is -0.370 e. The van der Waals surface area contributed by atoms with Gasteiger partial charge in [0.1, 0.15) is 0 Å². The predicted octanol–water partition coefficient (Wildman–Crippen LogP) is 2.87. The van der Waals surface area contributed by atoms with Gasteiger partial charge < -0.3 is 10.6 Å². The second-order valence-corrected chi connectivity index (χ2v) is 4.40.